The molecule has 1 nitrogen and oxygen atoms in total. The monoisotopic (exact) mass is 289 g/mol. The predicted octanol–water partition coefficient (Wildman–Crippen LogP) is 5.13. The molecule has 0 N–H and O–H groups in total. The molecule has 1 heterocycles. The van der Waals surface area contributed by atoms with Gasteiger partial charge in [0.1, 0.15) is 0 Å². The second kappa shape index (κ2) is 5.41. The number of piperidine rings is 1. The van der Waals surface area contributed by atoms with Gasteiger partial charge >= 0.3 is 0 Å². The van der Waals surface area contributed by atoms with Gasteiger partial charge in [0.25, 0.3) is 0 Å². The Balaban J connectivity index is 1.94. The Kier molecular flexibility index (Phi) is 4.01. The Labute approximate surface area is 132 Å². The van der Waals surface area contributed by atoms with Gasteiger partial charge in [0.15, 0.2) is 0 Å². The van der Waals surface area contributed by atoms with Crippen molar-refractivity contribution in [1.29, 1.82) is 0 Å². The van der Waals surface area contributed by atoms with E-state index in [9.17, 15) is 0 Å². The smallest absolute Gasteiger partial charge is 0.00386 e. The van der Waals surface area contributed by atoms with Crippen LogP contribution >= 0.6 is 0 Å². The Morgan fingerprint density at radius 2 is 1.52 bits per heavy atom. The minimum absolute atomic E-state index is 0.585. The Hall–Kier alpha value is -0.300. The molecule has 2 aliphatic carbocycles. The molecule has 0 aromatic heterocycles. The van der Waals surface area contributed by atoms with Crippen LogP contribution in [0.25, 0.3) is 0 Å². The Morgan fingerprint density at radius 3 is 1.90 bits per heavy atom. The van der Waals surface area contributed by atoms with Crippen LogP contribution in [-0.2, 0) is 0 Å². The van der Waals surface area contributed by atoms with Crippen LogP contribution in [0, 0.1) is 29.1 Å². The molecule has 3 aliphatic rings. The summed E-state index contributed by atoms with van der Waals surface area (Å²) in [6.07, 6.45) is 5.83. The van der Waals surface area contributed by atoms with E-state index in [-0.39, 0.29) is 0 Å². The fraction of sp³-hybridized carbons (Fsp3) is 0.900. The Bertz CT molecular complexity index is 421. The summed E-state index contributed by atoms with van der Waals surface area (Å²) in [7, 11) is 0. The zero-order valence-electron chi connectivity index (χ0n) is 15.1. The van der Waals surface area contributed by atoms with Crippen LogP contribution in [0.15, 0.2) is 11.1 Å². The van der Waals surface area contributed by atoms with Crippen molar-refractivity contribution in [1.82, 2.24) is 4.90 Å². The SMILES string of the molecule is CC(C)C1=C(C(C)C)C2(CCN(C(C)C)CC2)C2CCC12. The average Bonchev–Trinajstić information content (AvgIpc) is 2.54. The van der Waals surface area contributed by atoms with Crippen molar-refractivity contribution in [3.8, 4) is 0 Å². The first-order valence-corrected chi connectivity index (χ1v) is 9.37. The third-order valence-electron chi connectivity index (χ3n) is 6.85. The van der Waals surface area contributed by atoms with E-state index in [2.05, 4.69) is 46.4 Å². The van der Waals surface area contributed by atoms with Gasteiger partial charge in [-0.1, -0.05) is 38.8 Å². The summed E-state index contributed by atoms with van der Waals surface area (Å²) >= 11 is 0. The molecule has 0 aromatic carbocycles. The van der Waals surface area contributed by atoms with Gasteiger partial charge < -0.3 is 4.90 Å². The van der Waals surface area contributed by atoms with Gasteiger partial charge in [-0.3, -0.25) is 0 Å². The van der Waals surface area contributed by atoms with Crippen LogP contribution in [-0.4, -0.2) is 24.0 Å². The summed E-state index contributed by atoms with van der Waals surface area (Å²) < 4.78 is 0. The first-order valence-electron chi connectivity index (χ1n) is 9.37. The van der Waals surface area contributed by atoms with Gasteiger partial charge in [-0.25, -0.2) is 0 Å². The highest BCUT2D eigenvalue weighted by Crippen LogP contribution is 2.66. The molecule has 0 aromatic rings. The van der Waals surface area contributed by atoms with Gasteiger partial charge in [-0.05, 0) is 81.7 Å². The number of hydrogen-bond donors (Lipinski definition) is 0. The van der Waals surface area contributed by atoms with Gasteiger partial charge in [0.2, 0.25) is 0 Å². The molecule has 120 valence electrons. The number of allylic oxidation sites excluding steroid dienone is 2. The van der Waals surface area contributed by atoms with E-state index in [4.69, 9.17) is 0 Å². The summed E-state index contributed by atoms with van der Waals surface area (Å²) in [4.78, 5) is 2.70. The molecule has 2 unspecified atom stereocenters. The lowest BCUT2D eigenvalue weighted by molar-refractivity contribution is 0.0154. The van der Waals surface area contributed by atoms with Crippen molar-refractivity contribution in [3.63, 3.8) is 0 Å². The molecule has 1 saturated carbocycles. The molecule has 2 atom stereocenters. The normalized spacial score (nSPS) is 32.4. The van der Waals surface area contributed by atoms with E-state index in [1.54, 1.807) is 0 Å². The maximum Gasteiger partial charge on any atom is 0.00386 e. The molecule has 0 radical (unpaired) electrons. The lowest BCUT2D eigenvalue weighted by Gasteiger charge is -2.51. The quantitative estimate of drug-likeness (QED) is 0.651. The van der Waals surface area contributed by atoms with Crippen LogP contribution in [0.1, 0.15) is 67.2 Å². The van der Waals surface area contributed by atoms with Crippen molar-refractivity contribution in [2.24, 2.45) is 29.1 Å². The second-order valence-electron chi connectivity index (χ2n) is 8.75. The fourth-order valence-electron chi connectivity index (χ4n) is 5.95. The van der Waals surface area contributed by atoms with Crippen molar-refractivity contribution in [2.45, 2.75) is 73.3 Å². The number of nitrogens with zero attached hydrogens (tertiary/aromatic N) is 1. The zero-order chi connectivity index (χ0) is 15.4. The van der Waals surface area contributed by atoms with Gasteiger partial charge in [-0.2, -0.15) is 0 Å². The number of fused-ring (bicyclic) bond motifs is 2. The third-order valence-corrected chi connectivity index (χ3v) is 6.85. The van der Waals surface area contributed by atoms with E-state index in [0.717, 1.165) is 29.7 Å². The zero-order valence-corrected chi connectivity index (χ0v) is 15.1. The highest BCUT2D eigenvalue weighted by molar-refractivity contribution is 5.38. The molecule has 0 bridgehead atoms. The summed E-state index contributed by atoms with van der Waals surface area (Å²) in [6, 6.07) is 0.719. The topological polar surface area (TPSA) is 3.24 Å². The summed E-state index contributed by atoms with van der Waals surface area (Å²) in [5, 5.41) is 0. The van der Waals surface area contributed by atoms with Crippen LogP contribution in [0.4, 0.5) is 0 Å². The lowest BCUT2D eigenvalue weighted by atomic mass is 9.57. The highest BCUT2D eigenvalue weighted by Gasteiger charge is 2.58. The van der Waals surface area contributed by atoms with Gasteiger partial charge in [-0.15, -0.1) is 0 Å². The number of rotatable bonds is 3. The van der Waals surface area contributed by atoms with E-state index >= 15 is 0 Å². The summed E-state index contributed by atoms with van der Waals surface area (Å²) in [5.74, 6) is 3.46. The molecule has 1 saturated heterocycles. The van der Waals surface area contributed by atoms with E-state index in [1.165, 1.54) is 38.8 Å². The summed E-state index contributed by atoms with van der Waals surface area (Å²) in [5.41, 5.74) is 4.38. The van der Waals surface area contributed by atoms with Crippen molar-refractivity contribution < 1.29 is 0 Å². The minimum Gasteiger partial charge on any atom is -0.301 e. The lowest BCUT2D eigenvalue weighted by Crippen LogP contribution is -2.48. The van der Waals surface area contributed by atoms with Crippen molar-refractivity contribution in [2.75, 3.05) is 13.1 Å². The molecular formula is C20H35N. The standard InChI is InChI=1S/C20H35N/c1-13(2)18-16-7-8-17(16)20(19(18)14(3)4)9-11-21(12-10-20)15(5)6/h13-17H,7-12H2,1-6H3. The Morgan fingerprint density at radius 1 is 0.905 bits per heavy atom. The largest absolute Gasteiger partial charge is 0.301 e. The maximum atomic E-state index is 2.70. The average molecular weight is 290 g/mol. The summed E-state index contributed by atoms with van der Waals surface area (Å²) in [6.45, 7) is 17.2. The van der Waals surface area contributed by atoms with Gasteiger partial charge in [0.05, 0.1) is 0 Å². The number of likely N-dealkylation sites (tertiary alicyclic amines) is 1. The fourth-order valence-corrected chi connectivity index (χ4v) is 5.95. The molecule has 0 amide bonds. The maximum absolute atomic E-state index is 2.70. The van der Waals surface area contributed by atoms with E-state index in [1.807, 2.05) is 11.1 Å². The van der Waals surface area contributed by atoms with Crippen LogP contribution < -0.4 is 0 Å². The molecule has 3 rings (SSSR count). The molecule has 1 aliphatic heterocycles. The van der Waals surface area contributed by atoms with E-state index in [0.29, 0.717) is 5.41 Å². The predicted molar refractivity (Wildman–Crippen MR) is 91.3 cm³/mol. The first-order chi connectivity index (χ1) is 9.88. The van der Waals surface area contributed by atoms with Crippen LogP contribution in [0.3, 0.4) is 0 Å². The van der Waals surface area contributed by atoms with Crippen molar-refractivity contribution >= 4 is 0 Å². The molecule has 2 fully saturated rings. The minimum atomic E-state index is 0.585. The van der Waals surface area contributed by atoms with Gasteiger partial charge in [0, 0.05) is 6.04 Å². The molecule has 1 heteroatoms. The highest BCUT2D eigenvalue weighted by atomic mass is 15.2. The van der Waals surface area contributed by atoms with Crippen molar-refractivity contribution in [3.05, 3.63) is 11.1 Å². The molecular weight excluding hydrogens is 254 g/mol. The van der Waals surface area contributed by atoms with E-state index < -0.39 is 0 Å². The number of hydrogen-bond acceptors (Lipinski definition) is 1. The third kappa shape index (κ3) is 2.22. The van der Waals surface area contributed by atoms with Crippen LogP contribution in [0.5, 0.6) is 0 Å². The van der Waals surface area contributed by atoms with Crippen LogP contribution in [0.2, 0.25) is 0 Å². The molecule has 1 spiro atoms. The second-order valence-corrected chi connectivity index (χ2v) is 8.75. The molecule has 21 heavy (non-hydrogen) atoms. The first kappa shape index (κ1) is 15.6.